The van der Waals surface area contributed by atoms with E-state index in [0.717, 1.165) is 50.8 Å². The van der Waals surface area contributed by atoms with Crippen LogP contribution in [0.2, 0.25) is 0 Å². The fourth-order valence-electron chi connectivity index (χ4n) is 5.40. The highest BCUT2D eigenvalue weighted by molar-refractivity contribution is 5.73. The predicted octanol–water partition coefficient (Wildman–Crippen LogP) is 5.32. The van der Waals surface area contributed by atoms with Crippen molar-refractivity contribution in [3.63, 3.8) is 0 Å². The summed E-state index contributed by atoms with van der Waals surface area (Å²) in [6.07, 6.45) is -3.46. The fraction of sp³-hybridized carbons (Fsp3) is 0.720. The highest BCUT2D eigenvalue weighted by Crippen LogP contribution is 2.39. The van der Waals surface area contributed by atoms with Crippen LogP contribution in [0.4, 0.5) is 32.0 Å². The number of nitrogens with zero attached hydrogens (tertiary/aromatic N) is 2. The maximum Gasteiger partial charge on any atom is 0.416 e. The maximum atomic E-state index is 13.2. The van der Waals surface area contributed by atoms with Crippen molar-refractivity contribution < 1.29 is 35.9 Å². The van der Waals surface area contributed by atoms with Crippen LogP contribution in [-0.4, -0.2) is 56.7 Å². The van der Waals surface area contributed by atoms with Gasteiger partial charge in [-0.1, -0.05) is 12.8 Å². The number of rotatable bonds is 9. The molecular formula is C25H35F6N3O2. The minimum atomic E-state index is -4.85. The quantitative estimate of drug-likeness (QED) is 0.445. The first kappa shape index (κ1) is 28.6. The Kier molecular flexibility index (Phi) is 9.54. The van der Waals surface area contributed by atoms with Gasteiger partial charge < -0.3 is 15.4 Å². The number of amides is 1. The summed E-state index contributed by atoms with van der Waals surface area (Å²) >= 11 is 0. The molecule has 1 atom stereocenters. The van der Waals surface area contributed by atoms with E-state index < -0.39 is 23.5 Å². The van der Waals surface area contributed by atoms with Gasteiger partial charge in [-0.25, -0.2) is 0 Å². The van der Waals surface area contributed by atoms with Crippen LogP contribution in [0.5, 0.6) is 0 Å². The molecule has 11 heteroatoms. The second-order valence-corrected chi connectivity index (χ2v) is 9.94. The van der Waals surface area contributed by atoms with E-state index in [9.17, 15) is 31.1 Å². The van der Waals surface area contributed by atoms with Crippen molar-refractivity contribution in [2.24, 2.45) is 17.6 Å². The van der Waals surface area contributed by atoms with Gasteiger partial charge in [0.1, 0.15) is 0 Å². The van der Waals surface area contributed by atoms with Crippen LogP contribution in [-0.2, 0) is 21.9 Å². The van der Waals surface area contributed by atoms with E-state index in [1.54, 1.807) is 12.0 Å². The van der Waals surface area contributed by atoms with Crippen molar-refractivity contribution in [1.82, 2.24) is 4.90 Å². The van der Waals surface area contributed by atoms with E-state index in [1.165, 1.54) is 0 Å². The van der Waals surface area contributed by atoms with Crippen molar-refractivity contribution in [3.05, 3.63) is 29.3 Å². The minimum absolute atomic E-state index is 0.0419. The van der Waals surface area contributed by atoms with E-state index in [1.807, 2.05) is 0 Å². The number of ether oxygens (including phenoxy) is 1. The van der Waals surface area contributed by atoms with Crippen LogP contribution in [0.3, 0.4) is 0 Å². The molecule has 36 heavy (non-hydrogen) atoms. The van der Waals surface area contributed by atoms with Crippen LogP contribution in [0.15, 0.2) is 18.2 Å². The van der Waals surface area contributed by atoms with Crippen LogP contribution in [0, 0.1) is 11.8 Å². The number of hydrogen-bond donors (Lipinski definition) is 1. The lowest BCUT2D eigenvalue weighted by Crippen LogP contribution is -2.47. The number of piperazine rings is 1. The Hall–Kier alpha value is -2.01. The maximum absolute atomic E-state index is 13.2. The van der Waals surface area contributed by atoms with Crippen molar-refractivity contribution in [2.75, 3.05) is 44.7 Å². The van der Waals surface area contributed by atoms with Crippen molar-refractivity contribution in [1.29, 1.82) is 0 Å². The molecule has 0 aromatic heterocycles. The summed E-state index contributed by atoms with van der Waals surface area (Å²) in [5.74, 6) is 0.675. The number of nitrogens with two attached hydrogens (primary N) is 1. The first-order chi connectivity index (χ1) is 16.9. The van der Waals surface area contributed by atoms with E-state index in [4.69, 9.17) is 10.5 Å². The molecule has 1 aliphatic carbocycles. The number of halogens is 6. The minimum Gasteiger partial charge on any atom is -0.381 e. The molecule has 1 unspecified atom stereocenters. The first-order valence-corrected chi connectivity index (χ1v) is 12.4. The lowest BCUT2D eigenvalue weighted by molar-refractivity contribution is -0.143. The van der Waals surface area contributed by atoms with Gasteiger partial charge in [0.15, 0.2) is 0 Å². The summed E-state index contributed by atoms with van der Waals surface area (Å²) in [7, 11) is 1.67. The zero-order valence-corrected chi connectivity index (χ0v) is 20.5. The Labute approximate surface area is 207 Å². The number of benzene rings is 1. The highest BCUT2D eigenvalue weighted by atomic mass is 19.4. The molecule has 2 fully saturated rings. The van der Waals surface area contributed by atoms with Crippen molar-refractivity contribution >= 4 is 11.6 Å². The first-order valence-electron chi connectivity index (χ1n) is 12.4. The summed E-state index contributed by atoms with van der Waals surface area (Å²) in [5.41, 5.74) is 2.65. The number of hydrogen-bond acceptors (Lipinski definition) is 4. The molecule has 0 bridgehead atoms. The van der Waals surface area contributed by atoms with E-state index in [-0.39, 0.29) is 23.8 Å². The number of anilines is 1. The molecule has 0 radical (unpaired) electrons. The fourth-order valence-corrected chi connectivity index (χ4v) is 5.40. The molecule has 2 aliphatic rings. The lowest BCUT2D eigenvalue weighted by Gasteiger charge is -2.38. The van der Waals surface area contributed by atoms with Gasteiger partial charge in [0, 0.05) is 45.4 Å². The van der Waals surface area contributed by atoms with Gasteiger partial charge in [-0.15, -0.1) is 0 Å². The normalized spacial score (nSPS) is 23.0. The molecule has 1 saturated carbocycles. The van der Waals surface area contributed by atoms with Crippen LogP contribution >= 0.6 is 0 Å². The molecule has 2 N–H and O–H groups in total. The van der Waals surface area contributed by atoms with Crippen LogP contribution in [0.1, 0.15) is 56.1 Å². The summed E-state index contributed by atoms with van der Waals surface area (Å²) in [6.45, 7) is 2.79. The van der Waals surface area contributed by atoms with Gasteiger partial charge in [0.05, 0.1) is 17.2 Å². The molecule has 5 nitrogen and oxygen atoms in total. The van der Waals surface area contributed by atoms with E-state index in [0.29, 0.717) is 50.9 Å². The van der Waals surface area contributed by atoms with Crippen LogP contribution in [0.25, 0.3) is 0 Å². The average molecular weight is 524 g/mol. The van der Waals surface area contributed by atoms with E-state index in [2.05, 4.69) is 4.90 Å². The van der Waals surface area contributed by atoms with Gasteiger partial charge in [-0.2, -0.15) is 26.3 Å². The lowest BCUT2D eigenvalue weighted by atomic mass is 9.77. The highest BCUT2D eigenvalue weighted by Gasteiger charge is 2.37. The Morgan fingerprint density at radius 3 is 2.00 bits per heavy atom. The number of primary amides is 1. The molecule has 0 spiro atoms. The SMILES string of the molecule is COC(CCC(N)=O)C1CCC(CCN2CCN(c3cc(C(F)(F)F)cc(C(F)(F)F)c3)CC2)CC1. The molecule has 1 aromatic carbocycles. The third-order valence-corrected chi connectivity index (χ3v) is 7.56. The largest absolute Gasteiger partial charge is 0.416 e. The topological polar surface area (TPSA) is 58.8 Å². The Morgan fingerprint density at radius 1 is 0.972 bits per heavy atom. The Bertz CT molecular complexity index is 828. The predicted molar refractivity (Wildman–Crippen MR) is 124 cm³/mol. The molecular weight excluding hydrogens is 488 g/mol. The molecule has 1 amide bonds. The smallest absolute Gasteiger partial charge is 0.381 e. The van der Waals surface area contributed by atoms with Gasteiger partial charge in [-0.3, -0.25) is 9.69 Å². The summed E-state index contributed by atoms with van der Waals surface area (Å²) in [6, 6.07) is 1.78. The second kappa shape index (κ2) is 12.0. The Morgan fingerprint density at radius 2 is 1.53 bits per heavy atom. The summed E-state index contributed by atoms with van der Waals surface area (Å²) in [4.78, 5) is 14.9. The molecule has 3 rings (SSSR count). The van der Waals surface area contributed by atoms with Gasteiger partial charge >= 0.3 is 12.4 Å². The third kappa shape index (κ3) is 7.99. The molecule has 1 heterocycles. The molecule has 1 saturated heterocycles. The monoisotopic (exact) mass is 523 g/mol. The van der Waals surface area contributed by atoms with Crippen LogP contribution < -0.4 is 10.6 Å². The number of carbonyl (C=O) groups excluding carboxylic acids is 1. The van der Waals surface area contributed by atoms with E-state index >= 15 is 0 Å². The number of carbonyl (C=O) groups is 1. The second-order valence-electron chi connectivity index (χ2n) is 9.94. The van der Waals surface area contributed by atoms with Crippen molar-refractivity contribution in [3.8, 4) is 0 Å². The third-order valence-electron chi connectivity index (χ3n) is 7.56. The summed E-state index contributed by atoms with van der Waals surface area (Å²) in [5, 5.41) is 0. The average Bonchev–Trinajstić information content (AvgIpc) is 2.82. The standard InChI is InChI=1S/C25H35F6N3O2/c1-36-22(6-7-23(32)35)18-4-2-17(3-5-18)8-9-33-10-12-34(13-11-33)21-15-19(24(26,27)28)14-20(16-21)25(29,30)31/h14-18,22H,2-13H2,1H3,(H2,32,35). The zero-order valence-electron chi connectivity index (χ0n) is 20.5. The van der Waals surface area contributed by atoms with Crippen molar-refractivity contribution in [2.45, 2.75) is 63.4 Å². The Balaban J connectivity index is 1.47. The zero-order chi connectivity index (χ0) is 26.5. The van der Waals surface area contributed by atoms with Gasteiger partial charge in [0.25, 0.3) is 0 Å². The molecule has 204 valence electrons. The van der Waals surface area contributed by atoms with Gasteiger partial charge in [-0.05, 0) is 62.3 Å². The summed E-state index contributed by atoms with van der Waals surface area (Å²) < 4.78 is 84.7. The molecule has 1 aromatic rings. The number of methoxy groups -OCH3 is 1. The molecule has 1 aliphatic heterocycles. The number of alkyl halides is 6. The van der Waals surface area contributed by atoms with Gasteiger partial charge in [0.2, 0.25) is 5.91 Å².